The van der Waals surface area contributed by atoms with Gasteiger partial charge in [0.15, 0.2) is 0 Å². The quantitative estimate of drug-likeness (QED) is 0.909. The highest BCUT2D eigenvalue weighted by Crippen LogP contribution is 2.30. The van der Waals surface area contributed by atoms with Gasteiger partial charge in [-0.15, -0.1) is 0 Å². The number of fused-ring (bicyclic) bond motifs is 1. The zero-order chi connectivity index (χ0) is 15.0. The Kier molecular flexibility index (Phi) is 3.64. The molecule has 7 nitrogen and oxygen atoms in total. The molecule has 9 heteroatoms. The molecule has 1 N–H and O–H groups in total. The maximum absolute atomic E-state index is 12.8. The van der Waals surface area contributed by atoms with Crippen LogP contribution in [0.2, 0.25) is 0 Å². The normalized spacial score (nSPS) is 20.1. The van der Waals surface area contributed by atoms with E-state index in [4.69, 9.17) is 5.11 Å². The Morgan fingerprint density at radius 3 is 3.00 bits per heavy atom. The van der Waals surface area contributed by atoms with Crippen LogP contribution in [-0.4, -0.2) is 45.1 Å². The molecule has 1 unspecified atom stereocenters. The number of rotatable bonds is 4. The zero-order valence-corrected chi connectivity index (χ0v) is 12.6. The molecular weight excluding hydrogens is 314 g/mol. The fraction of sp³-hybridized carbons (Fsp3) is 0.417. The van der Waals surface area contributed by atoms with Crippen LogP contribution in [0.5, 0.6) is 0 Å². The Hall–Kier alpha value is -1.58. The van der Waals surface area contributed by atoms with Crippen molar-refractivity contribution in [2.75, 3.05) is 6.54 Å². The summed E-state index contributed by atoms with van der Waals surface area (Å²) in [5.74, 6) is -0.990. The van der Waals surface area contributed by atoms with Crippen molar-refractivity contribution < 1.29 is 18.3 Å². The van der Waals surface area contributed by atoms with Crippen molar-refractivity contribution in [3.63, 3.8) is 0 Å². The van der Waals surface area contributed by atoms with Crippen LogP contribution in [0.25, 0.3) is 11.0 Å². The first kappa shape index (κ1) is 14.4. The van der Waals surface area contributed by atoms with Gasteiger partial charge in [0.25, 0.3) is 0 Å². The monoisotopic (exact) mass is 327 g/mol. The van der Waals surface area contributed by atoms with Crippen LogP contribution in [0.15, 0.2) is 23.1 Å². The molecule has 1 atom stereocenters. The van der Waals surface area contributed by atoms with E-state index in [2.05, 4.69) is 8.75 Å². The average molecular weight is 327 g/mol. The minimum absolute atomic E-state index is 0.103. The van der Waals surface area contributed by atoms with Crippen molar-refractivity contribution in [3.8, 4) is 0 Å². The lowest BCUT2D eigenvalue weighted by Crippen LogP contribution is -2.36. The highest BCUT2D eigenvalue weighted by Gasteiger charge is 2.37. The van der Waals surface area contributed by atoms with Crippen LogP contribution >= 0.6 is 11.7 Å². The van der Waals surface area contributed by atoms with Gasteiger partial charge in [0.2, 0.25) is 10.0 Å². The molecule has 1 aromatic carbocycles. The van der Waals surface area contributed by atoms with E-state index in [0.717, 1.165) is 11.7 Å². The van der Waals surface area contributed by atoms with Crippen LogP contribution in [0.3, 0.4) is 0 Å². The first-order chi connectivity index (χ1) is 10.00. The Labute approximate surface area is 125 Å². The van der Waals surface area contributed by atoms with Crippen LogP contribution in [0.1, 0.15) is 19.3 Å². The third kappa shape index (κ3) is 2.52. The lowest BCUT2D eigenvalue weighted by Gasteiger charge is -2.22. The molecule has 21 heavy (non-hydrogen) atoms. The lowest BCUT2D eigenvalue weighted by atomic mass is 10.2. The smallest absolute Gasteiger partial charge is 0.304 e. The number of carboxylic acids is 1. The Morgan fingerprint density at radius 2 is 2.24 bits per heavy atom. The van der Waals surface area contributed by atoms with Crippen LogP contribution < -0.4 is 0 Å². The molecule has 2 heterocycles. The minimum atomic E-state index is -3.76. The largest absolute Gasteiger partial charge is 0.481 e. The summed E-state index contributed by atoms with van der Waals surface area (Å²) in [6, 6.07) is 4.33. The molecule has 112 valence electrons. The molecule has 1 aromatic heterocycles. The number of hydrogen-bond acceptors (Lipinski definition) is 6. The molecule has 3 rings (SSSR count). The van der Waals surface area contributed by atoms with Crippen LogP contribution in [-0.2, 0) is 14.8 Å². The third-order valence-electron chi connectivity index (χ3n) is 3.57. The summed E-state index contributed by atoms with van der Waals surface area (Å²) in [4.78, 5) is 11.0. The molecule has 1 aliphatic heterocycles. The first-order valence-corrected chi connectivity index (χ1v) is 8.62. The van der Waals surface area contributed by atoms with E-state index in [9.17, 15) is 13.2 Å². The van der Waals surface area contributed by atoms with Gasteiger partial charge in [-0.25, -0.2) is 8.42 Å². The molecule has 2 aromatic rings. The van der Waals surface area contributed by atoms with E-state index in [1.54, 1.807) is 12.1 Å². The maximum Gasteiger partial charge on any atom is 0.304 e. The summed E-state index contributed by atoms with van der Waals surface area (Å²) in [6.45, 7) is 0.342. The topological polar surface area (TPSA) is 100 Å². The summed E-state index contributed by atoms with van der Waals surface area (Å²) in [6.07, 6.45) is 1.06. The number of aliphatic carboxylic acids is 1. The molecule has 0 spiro atoms. The second-order valence-electron chi connectivity index (χ2n) is 4.90. The molecule has 1 fully saturated rings. The number of hydrogen-bond donors (Lipinski definition) is 1. The summed E-state index contributed by atoms with van der Waals surface area (Å²) < 4.78 is 35.0. The highest BCUT2D eigenvalue weighted by molar-refractivity contribution is 7.89. The lowest BCUT2D eigenvalue weighted by molar-refractivity contribution is -0.137. The first-order valence-electron chi connectivity index (χ1n) is 6.45. The van der Waals surface area contributed by atoms with Crippen LogP contribution in [0, 0.1) is 0 Å². The van der Waals surface area contributed by atoms with Gasteiger partial charge < -0.3 is 5.11 Å². The number of carboxylic acid groups (broad SMARTS) is 1. The number of benzene rings is 1. The van der Waals surface area contributed by atoms with E-state index in [1.165, 1.54) is 10.4 Å². The molecule has 1 saturated heterocycles. The van der Waals surface area contributed by atoms with E-state index >= 15 is 0 Å². The number of carbonyl (C=O) groups is 1. The molecule has 0 saturated carbocycles. The Bertz CT molecular complexity index is 787. The molecule has 0 radical (unpaired) electrons. The van der Waals surface area contributed by atoms with Crippen molar-refractivity contribution in [3.05, 3.63) is 18.2 Å². The molecule has 0 bridgehead atoms. The standard InChI is InChI=1S/C12H13N3O4S2/c16-11(17)7-8-3-2-6-15(8)21(18,19)10-5-1-4-9-12(10)14-20-13-9/h1,4-5,8H,2-3,6-7H2,(H,16,17). The van der Waals surface area contributed by atoms with Crippen molar-refractivity contribution in [1.29, 1.82) is 0 Å². The predicted molar refractivity (Wildman–Crippen MR) is 76.6 cm³/mol. The van der Waals surface area contributed by atoms with Gasteiger partial charge in [-0.05, 0) is 25.0 Å². The van der Waals surface area contributed by atoms with Crippen LogP contribution in [0.4, 0.5) is 0 Å². The van der Waals surface area contributed by atoms with Gasteiger partial charge in [0.05, 0.1) is 18.1 Å². The number of aromatic nitrogens is 2. The van der Waals surface area contributed by atoms with E-state index in [1.807, 2.05) is 0 Å². The molecule has 0 amide bonds. The van der Waals surface area contributed by atoms with Crippen molar-refractivity contribution in [2.24, 2.45) is 0 Å². The van der Waals surface area contributed by atoms with Gasteiger partial charge in [0, 0.05) is 12.6 Å². The van der Waals surface area contributed by atoms with Gasteiger partial charge in [-0.2, -0.15) is 13.1 Å². The predicted octanol–water partition coefficient (Wildman–Crippen LogP) is 1.32. The third-order valence-corrected chi connectivity index (χ3v) is 6.09. The SMILES string of the molecule is O=C(O)CC1CCCN1S(=O)(=O)c1cccc2nsnc12. The number of sulfonamides is 1. The minimum Gasteiger partial charge on any atom is -0.481 e. The zero-order valence-electron chi connectivity index (χ0n) is 11.0. The summed E-state index contributed by atoms with van der Waals surface area (Å²) >= 11 is 0.960. The summed E-state index contributed by atoms with van der Waals surface area (Å²) in [7, 11) is -3.76. The number of nitrogens with zero attached hydrogens (tertiary/aromatic N) is 3. The van der Waals surface area contributed by atoms with Gasteiger partial charge in [-0.3, -0.25) is 4.79 Å². The second kappa shape index (κ2) is 5.32. The fourth-order valence-corrected chi connectivity index (χ4v) is 5.09. The van der Waals surface area contributed by atoms with E-state index in [0.29, 0.717) is 30.4 Å². The van der Waals surface area contributed by atoms with E-state index < -0.39 is 22.0 Å². The molecular formula is C12H13N3O4S2. The molecule has 1 aliphatic rings. The Morgan fingerprint density at radius 1 is 1.43 bits per heavy atom. The fourth-order valence-electron chi connectivity index (χ4n) is 2.65. The van der Waals surface area contributed by atoms with E-state index in [-0.39, 0.29) is 11.3 Å². The van der Waals surface area contributed by atoms with Gasteiger partial charge in [0.1, 0.15) is 15.9 Å². The van der Waals surface area contributed by atoms with Gasteiger partial charge in [-0.1, -0.05) is 6.07 Å². The summed E-state index contributed by atoms with van der Waals surface area (Å²) in [5.41, 5.74) is 0.888. The van der Waals surface area contributed by atoms with Gasteiger partial charge >= 0.3 is 5.97 Å². The summed E-state index contributed by atoms with van der Waals surface area (Å²) in [5, 5.41) is 8.92. The van der Waals surface area contributed by atoms with Crippen molar-refractivity contribution in [1.82, 2.24) is 13.1 Å². The highest BCUT2D eigenvalue weighted by atomic mass is 32.2. The van der Waals surface area contributed by atoms with Crippen molar-refractivity contribution in [2.45, 2.75) is 30.2 Å². The maximum atomic E-state index is 12.8. The average Bonchev–Trinajstić information content (AvgIpc) is 3.05. The Balaban J connectivity index is 2.04. The van der Waals surface area contributed by atoms with Crippen molar-refractivity contribution >= 4 is 38.8 Å². The second-order valence-corrected chi connectivity index (χ2v) is 7.29. The molecule has 0 aliphatic carbocycles.